The van der Waals surface area contributed by atoms with Crippen LogP contribution in [0.25, 0.3) is 0 Å². The first-order valence-electron chi connectivity index (χ1n) is 7.57. The SMILES string of the molecule is Cc1ccc(C(=O)CNC(=O)C2CC3(CC3)CN2C)cc1. The minimum atomic E-state index is -0.0710. The van der Waals surface area contributed by atoms with Gasteiger partial charge < -0.3 is 5.32 Å². The number of hydrogen-bond donors (Lipinski definition) is 1. The van der Waals surface area contributed by atoms with Crippen molar-refractivity contribution in [3.63, 3.8) is 0 Å². The second kappa shape index (κ2) is 5.26. The largest absolute Gasteiger partial charge is 0.347 e. The van der Waals surface area contributed by atoms with Gasteiger partial charge in [0.25, 0.3) is 0 Å². The lowest BCUT2D eigenvalue weighted by atomic mass is 10.0. The molecule has 4 heteroatoms. The zero-order chi connectivity index (χ0) is 15.0. The zero-order valence-electron chi connectivity index (χ0n) is 12.7. The molecule has 2 aliphatic rings. The third-order valence-electron chi connectivity index (χ3n) is 4.80. The Labute approximate surface area is 125 Å². The Kier molecular flexibility index (Phi) is 3.57. The molecule has 1 aliphatic carbocycles. The fourth-order valence-corrected chi connectivity index (χ4v) is 3.23. The average Bonchev–Trinajstić information content (AvgIpc) is 3.13. The number of likely N-dealkylation sites (tertiary alicyclic amines) is 1. The Balaban J connectivity index is 1.54. The van der Waals surface area contributed by atoms with Crippen LogP contribution in [0.15, 0.2) is 24.3 Å². The van der Waals surface area contributed by atoms with E-state index in [1.165, 1.54) is 12.8 Å². The Morgan fingerprint density at radius 1 is 1.29 bits per heavy atom. The fraction of sp³-hybridized carbons (Fsp3) is 0.529. The number of Topliss-reactive ketones (excluding diaryl/α,β-unsaturated/α-hetero) is 1. The van der Waals surface area contributed by atoms with Crippen LogP contribution < -0.4 is 5.32 Å². The summed E-state index contributed by atoms with van der Waals surface area (Å²) in [6.07, 6.45) is 3.42. The maximum atomic E-state index is 12.3. The van der Waals surface area contributed by atoms with Crippen molar-refractivity contribution in [2.75, 3.05) is 20.1 Å². The lowest BCUT2D eigenvalue weighted by Crippen LogP contribution is -2.43. The molecule has 1 saturated heterocycles. The number of nitrogens with one attached hydrogen (secondary N) is 1. The lowest BCUT2D eigenvalue weighted by molar-refractivity contribution is -0.124. The molecule has 3 rings (SSSR count). The second-order valence-corrected chi connectivity index (χ2v) is 6.64. The van der Waals surface area contributed by atoms with Gasteiger partial charge in [0.1, 0.15) is 0 Å². The zero-order valence-corrected chi connectivity index (χ0v) is 12.7. The van der Waals surface area contributed by atoms with E-state index < -0.39 is 0 Å². The molecule has 1 atom stereocenters. The molecule has 1 heterocycles. The molecule has 21 heavy (non-hydrogen) atoms. The van der Waals surface area contributed by atoms with Crippen LogP contribution in [-0.4, -0.2) is 42.8 Å². The van der Waals surface area contributed by atoms with E-state index in [4.69, 9.17) is 0 Å². The van der Waals surface area contributed by atoms with Gasteiger partial charge in [-0.15, -0.1) is 0 Å². The van der Waals surface area contributed by atoms with Crippen molar-refractivity contribution in [1.82, 2.24) is 10.2 Å². The van der Waals surface area contributed by atoms with Gasteiger partial charge in [0.2, 0.25) is 5.91 Å². The van der Waals surface area contributed by atoms with Gasteiger partial charge in [-0.2, -0.15) is 0 Å². The summed E-state index contributed by atoms with van der Waals surface area (Å²) in [4.78, 5) is 26.4. The number of hydrogen-bond acceptors (Lipinski definition) is 3. The van der Waals surface area contributed by atoms with E-state index >= 15 is 0 Å². The predicted octanol–water partition coefficient (Wildman–Crippen LogP) is 1.78. The topological polar surface area (TPSA) is 49.4 Å². The number of aryl methyl sites for hydroxylation is 1. The summed E-state index contributed by atoms with van der Waals surface area (Å²) in [5, 5.41) is 2.80. The molecular formula is C17H22N2O2. The standard InChI is InChI=1S/C17H22N2O2/c1-12-3-5-13(6-4-12)15(20)10-18-16(21)14-9-17(7-8-17)11-19(14)2/h3-6,14H,7-11H2,1-2H3,(H,18,21). The normalized spacial score (nSPS) is 23.2. The van der Waals surface area contributed by atoms with E-state index in [-0.39, 0.29) is 24.3 Å². The van der Waals surface area contributed by atoms with E-state index in [1.54, 1.807) is 0 Å². The van der Waals surface area contributed by atoms with E-state index in [0.717, 1.165) is 18.5 Å². The van der Waals surface area contributed by atoms with Crippen LogP contribution in [0.4, 0.5) is 0 Å². The number of nitrogens with zero attached hydrogens (tertiary/aromatic N) is 1. The van der Waals surface area contributed by atoms with Gasteiger partial charge in [0, 0.05) is 12.1 Å². The van der Waals surface area contributed by atoms with Gasteiger partial charge in [-0.3, -0.25) is 14.5 Å². The van der Waals surface area contributed by atoms with Gasteiger partial charge >= 0.3 is 0 Å². The molecule has 2 fully saturated rings. The molecule has 1 amide bonds. The summed E-state index contributed by atoms with van der Waals surface area (Å²) in [6, 6.07) is 7.38. The lowest BCUT2D eigenvalue weighted by Gasteiger charge is -2.18. The van der Waals surface area contributed by atoms with Gasteiger partial charge in [0.15, 0.2) is 5.78 Å². The number of amides is 1. The van der Waals surface area contributed by atoms with Gasteiger partial charge in [-0.05, 0) is 38.6 Å². The van der Waals surface area contributed by atoms with Crippen molar-refractivity contribution in [3.8, 4) is 0 Å². The van der Waals surface area contributed by atoms with E-state index in [1.807, 2.05) is 38.2 Å². The third-order valence-corrected chi connectivity index (χ3v) is 4.80. The van der Waals surface area contributed by atoms with Crippen molar-refractivity contribution < 1.29 is 9.59 Å². The molecule has 112 valence electrons. The molecule has 0 bridgehead atoms. The molecule has 1 aliphatic heterocycles. The Morgan fingerprint density at radius 2 is 1.95 bits per heavy atom. The fourth-order valence-electron chi connectivity index (χ4n) is 3.23. The molecule has 0 aromatic heterocycles. The minimum Gasteiger partial charge on any atom is -0.347 e. The summed E-state index contributed by atoms with van der Waals surface area (Å²) < 4.78 is 0. The molecule has 1 saturated carbocycles. The first-order valence-corrected chi connectivity index (χ1v) is 7.57. The van der Waals surface area contributed by atoms with E-state index in [2.05, 4.69) is 10.2 Å². The van der Waals surface area contributed by atoms with Crippen LogP contribution in [0.3, 0.4) is 0 Å². The molecule has 0 radical (unpaired) electrons. The molecule has 1 spiro atoms. The highest BCUT2D eigenvalue weighted by molar-refractivity contribution is 5.99. The maximum absolute atomic E-state index is 12.3. The highest BCUT2D eigenvalue weighted by atomic mass is 16.2. The maximum Gasteiger partial charge on any atom is 0.237 e. The Morgan fingerprint density at radius 3 is 2.52 bits per heavy atom. The highest BCUT2D eigenvalue weighted by Crippen LogP contribution is 2.54. The summed E-state index contributed by atoms with van der Waals surface area (Å²) in [5.74, 6) is -0.0492. The number of carbonyl (C=O) groups excluding carboxylic acids is 2. The Hall–Kier alpha value is -1.68. The van der Waals surface area contributed by atoms with Crippen LogP contribution >= 0.6 is 0 Å². The van der Waals surface area contributed by atoms with Crippen molar-refractivity contribution in [3.05, 3.63) is 35.4 Å². The van der Waals surface area contributed by atoms with E-state index in [9.17, 15) is 9.59 Å². The monoisotopic (exact) mass is 286 g/mol. The van der Waals surface area contributed by atoms with Crippen LogP contribution in [-0.2, 0) is 4.79 Å². The first-order chi connectivity index (χ1) is 9.99. The highest BCUT2D eigenvalue weighted by Gasteiger charge is 2.52. The molecule has 4 nitrogen and oxygen atoms in total. The molecular weight excluding hydrogens is 264 g/mol. The van der Waals surface area contributed by atoms with Gasteiger partial charge in [-0.25, -0.2) is 0 Å². The molecule has 1 aromatic carbocycles. The number of benzene rings is 1. The van der Waals surface area contributed by atoms with Crippen molar-refractivity contribution >= 4 is 11.7 Å². The first kappa shape index (κ1) is 14.3. The van der Waals surface area contributed by atoms with Crippen LogP contribution in [0, 0.1) is 12.3 Å². The number of rotatable bonds is 4. The quantitative estimate of drug-likeness (QED) is 0.858. The van der Waals surface area contributed by atoms with Crippen molar-refractivity contribution in [2.45, 2.75) is 32.2 Å². The Bertz CT molecular complexity index is 561. The van der Waals surface area contributed by atoms with Crippen LogP contribution in [0.1, 0.15) is 35.2 Å². The predicted molar refractivity (Wildman–Crippen MR) is 81.2 cm³/mol. The van der Waals surface area contributed by atoms with Crippen molar-refractivity contribution in [1.29, 1.82) is 0 Å². The number of carbonyl (C=O) groups is 2. The number of ketones is 1. The molecule has 1 unspecified atom stereocenters. The summed E-state index contributed by atoms with van der Waals surface area (Å²) in [7, 11) is 2.00. The third kappa shape index (κ3) is 3.00. The summed E-state index contributed by atoms with van der Waals surface area (Å²) in [6.45, 7) is 3.08. The van der Waals surface area contributed by atoms with Gasteiger partial charge in [0.05, 0.1) is 12.6 Å². The van der Waals surface area contributed by atoms with Crippen LogP contribution in [0.5, 0.6) is 0 Å². The van der Waals surface area contributed by atoms with Crippen LogP contribution in [0.2, 0.25) is 0 Å². The van der Waals surface area contributed by atoms with Gasteiger partial charge in [-0.1, -0.05) is 29.8 Å². The number of likely N-dealkylation sites (N-methyl/N-ethyl adjacent to an activating group) is 1. The second-order valence-electron chi connectivity index (χ2n) is 6.64. The summed E-state index contributed by atoms with van der Waals surface area (Å²) >= 11 is 0. The molecule has 1 N–H and O–H groups in total. The van der Waals surface area contributed by atoms with Crippen molar-refractivity contribution in [2.24, 2.45) is 5.41 Å². The summed E-state index contributed by atoms with van der Waals surface area (Å²) in [5.41, 5.74) is 2.18. The van der Waals surface area contributed by atoms with E-state index in [0.29, 0.717) is 11.0 Å². The molecule has 1 aromatic rings. The smallest absolute Gasteiger partial charge is 0.237 e. The average molecular weight is 286 g/mol. The minimum absolute atomic E-state index is 0.0123.